The van der Waals surface area contributed by atoms with Crippen molar-refractivity contribution in [3.8, 4) is 27.7 Å². The van der Waals surface area contributed by atoms with E-state index in [4.69, 9.17) is 34.0 Å². The Morgan fingerprint density at radius 1 is 0.848 bits per heavy atom. The summed E-state index contributed by atoms with van der Waals surface area (Å²) >= 11 is 1.81. The first-order chi connectivity index (χ1) is 22.3. The summed E-state index contributed by atoms with van der Waals surface area (Å²) in [5, 5.41) is 16.1. The quantitative estimate of drug-likeness (QED) is 0.0991. The van der Waals surface area contributed by atoms with E-state index in [0.29, 0.717) is 26.1 Å². The molecule has 1 aliphatic rings. The molecule has 10 nitrogen and oxygen atoms in total. The van der Waals surface area contributed by atoms with Crippen molar-refractivity contribution < 1.29 is 43.5 Å². The third-order valence-corrected chi connectivity index (χ3v) is 8.75. The van der Waals surface area contributed by atoms with Gasteiger partial charge in [-0.15, -0.1) is 11.3 Å². The third-order valence-electron chi connectivity index (χ3n) is 7.49. The number of hydrogen-bond donors (Lipinski definition) is 2. The number of benzene rings is 3. The molecule has 2 N–H and O–H groups in total. The number of carbonyl (C=O) groups excluding carboxylic acids is 1. The molecule has 0 unspecified atom stereocenters. The fraction of sp³-hybridized carbons (Fsp3) is 0.343. The number of fused-ring (bicyclic) bond motifs is 1. The number of likely N-dealkylation sites (tertiary alicyclic amines) is 1. The molecule has 46 heavy (non-hydrogen) atoms. The molecule has 5 rings (SSSR count). The van der Waals surface area contributed by atoms with Gasteiger partial charge in [-0.25, -0.2) is 9.59 Å². The van der Waals surface area contributed by atoms with Gasteiger partial charge in [0.1, 0.15) is 12.4 Å². The van der Waals surface area contributed by atoms with Crippen LogP contribution >= 0.6 is 11.3 Å². The molecule has 0 aliphatic carbocycles. The smallest absolute Gasteiger partial charge is 0.414 e. The van der Waals surface area contributed by atoms with Crippen molar-refractivity contribution in [1.82, 2.24) is 4.90 Å². The second-order valence-corrected chi connectivity index (χ2v) is 11.7. The maximum Gasteiger partial charge on any atom is 0.414 e. The maximum absolute atomic E-state index is 11.3. The van der Waals surface area contributed by atoms with E-state index >= 15 is 0 Å². The summed E-state index contributed by atoms with van der Waals surface area (Å²) in [6.45, 7) is 4.43. The van der Waals surface area contributed by atoms with Crippen LogP contribution in [0.2, 0.25) is 0 Å². The Kier molecular flexibility index (Phi) is 12.8. The zero-order valence-electron chi connectivity index (χ0n) is 26.0. The highest BCUT2D eigenvalue weighted by Gasteiger charge is 2.17. The lowest BCUT2D eigenvalue weighted by molar-refractivity contribution is -0.159. The zero-order chi connectivity index (χ0) is 32.9. The molecule has 2 heterocycles. The van der Waals surface area contributed by atoms with Gasteiger partial charge in [-0.3, -0.25) is 9.69 Å². The lowest BCUT2D eigenvalue weighted by Crippen LogP contribution is -2.25. The first kappa shape index (κ1) is 34.3. The number of aliphatic carboxylic acids is 2. The molecule has 0 atom stereocenters. The Morgan fingerprint density at radius 3 is 2.24 bits per heavy atom. The normalized spacial score (nSPS) is 12.7. The number of carbonyl (C=O) groups is 3. The lowest BCUT2D eigenvalue weighted by Gasteiger charge is -2.17. The van der Waals surface area contributed by atoms with Crippen LogP contribution in [0, 0.1) is 0 Å². The number of esters is 1. The Balaban J connectivity index is 0.000000731. The minimum atomic E-state index is -1.82. The topological polar surface area (TPSA) is 132 Å². The minimum Gasteiger partial charge on any atom is -0.494 e. The Labute approximate surface area is 272 Å². The summed E-state index contributed by atoms with van der Waals surface area (Å²) in [7, 11) is 3.11. The van der Waals surface area contributed by atoms with Gasteiger partial charge in [0.25, 0.3) is 0 Å². The van der Waals surface area contributed by atoms with Gasteiger partial charge >= 0.3 is 17.9 Å². The van der Waals surface area contributed by atoms with Crippen molar-refractivity contribution in [1.29, 1.82) is 0 Å². The standard InChI is InChI=1S/C33H37NO5S.C2H2O4/c1-36-30-23-24(11-16-29(30)39-21-19-34-17-5-6-18-34)22-28-27-8-3-4-9-31(27)40-33(28)25-12-14-26(15-13-25)38-20-7-10-32(35)37-2;3-1(4)2(5)6/h3-4,8-9,11-16,23H,5-7,10,17-22H2,1-2H3;(H,3,4)(H,5,6). The van der Waals surface area contributed by atoms with E-state index in [1.807, 2.05) is 29.5 Å². The van der Waals surface area contributed by atoms with Gasteiger partial charge in [-0.05, 0) is 103 Å². The van der Waals surface area contributed by atoms with Crippen LogP contribution in [-0.4, -0.2) is 80.1 Å². The molecule has 1 aromatic heterocycles. The highest BCUT2D eigenvalue weighted by atomic mass is 32.1. The summed E-state index contributed by atoms with van der Waals surface area (Å²) in [5.74, 6) is -1.50. The molecule has 0 radical (unpaired) electrons. The van der Waals surface area contributed by atoms with Gasteiger partial charge in [0, 0.05) is 22.5 Å². The fourth-order valence-corrected chi connectivity index (χ4v) is 6.38. The molecule has 3 aromatic carbocycles. The molecule has 0 bridgehead atoms. The molecule has 11 heteroatoms. The number of nitrogens with zero attached hydrogens (tertiary/aromatic N) is 1. The van der Waals surface area contributed by atoms with Crippen molar-refractivity contribution >= 4 is 39.3 Å². The summed E-state index contributed by atoms with van der Waals surface area (Å²) in [5.41, 5.74) is 3.64. The van der Waals surface area contributed by atoms with Crippen LogP contribution in [0.15, 0.2) is 66.7 Å². The van der Waals surface area contributed by atoms with Gasteiger partial charge in [-0.1, -0.05) is 24.3 Å². The van der Waals surface area contributed by atoms with Crippen molar-refractivity contribution in [2.45, 2.75) is 32.1 Å². The van der Waals surface area contributed by atoms with Crippen molar-refractivity contribution in [3.63, 3.8) is 0 Å². The van der Waals surface area contributed by atoms with Crippen LogP contribution in [-0.2, 0) is 25.5 Å². The highest BCUT2D eigenvalue weighted by molar-refractivity contribution is 7.22. The number of carboxylic acid groups (broad SMARTS) is 2. The second-order valence-electron chi connectivity index (χ2n) is 10.6. The fourth-order valence-electron chi connectivity index (χ4n) is 5.15. The highest BCUT2D eigenvalue weighted by Crippen LogP contribution is 2.41. The Morgan fingerprint density at radius 2 is 1.57 bits per heavy atom. The summed E-state index contributed by atoms with van der Waals surface area (Å²) < 4.78 is 23.6. The molecular formula is C35H39NO9S. The van der Waals surface area contributed by atoms with E-state index in [9.17, 15) is 4.79 Å². The van der Waals surface area contributed by atoms with Crippen LogP contribution in [0.25, 0.3) is 20.5 Å². The van der Waals surface area contributed by atoms with Gasteiger partial charge < -0.3 is 29.2 Å². The summed E-state index contributed by atoms with van der Waals surface area (Å²) in [4.78, 5) is 33.2. The van der Waals surface area contributed by atoms with Crippen molar-refractivity contribution in [3.05, 3.63) is 77.9 Å². The first-order valence-corrected chi connectivity index (χ1v) is 15.9. The lowest BCUT2D eigenvalue weighted by atomic mass is 9.98. The summed E-state index contributed by atoms with van der Waals surface area (Å²) in [6.07, 6.45) is 4.34. The number of ether oxygens (including phenoxy) is 4. The molecule has 1 saturated heterocycles. The first-order valence-electron chi connectivity index (χ1n) is 15.1. The predicted octanol–water partition coefficient (Wildman–Crippen LogP) is 6.13. The van der Waals surface area contributed by atoms with Crippen LogP contribution < -0.4 is 14.2 Å². The van der Waals surface area contributed by atoms with Crippen LogP contribution in [0.3, 0.4) is 0 Å². The molecule has 0 amide bonds. The average molecular weight is 650 g/mol. The van der Waals surface area contributed by atoms with E-state index in [1.165, 1.54) is 59.1 Å². The number of thiophene rings is 1. The summed E-state index contributed by atoms with van der Waals surface area (Å²) in [6, 6.07) is 23.1. The van der Waals surface area contributed by atoms with E-state index in [2.05, 4.69) is 58.2 Å². The van der Waals surface area contributed by atoms with E-state index in [0.717, 1.165) is 35.8 Å². The van der Waals surface area contributed by atoms with E-state index in [-0.39, 0.29) is 5.97 Å². The van der Waals surface area contributed by atoms with E-state index in [1.54, 1.807) is 7.11 Å². The van der Waals surface area contributed by atoms with Crippen molar-refractivity contribution in [2.24, 2.45) is 0 Å². The molecular weight excluding hydrogens is 610 g/mol. The second kappa shape index (κ2) is 17.2. The van der Waals surface area contributed by atoms with Crippen LogP contribution in [0.5, 0.6) is 17.2 Å². The third kappa shape index (κ3) is 9.69. The van der Waals surface area contributed by atoms with Crippen LogP contribution in [0.4, 0.5) is 0 Å². The maximum atomic E-state index is 11.3. The predicted molar refractivity (Wildman–Crippen MR) is 176 cm³/mol. The number of carboxylic acids is 2. The molecule has 0 saturated carbocycles. The monoisotopic (exact) mass is 649 g/mol. The largest absolute Gasteiger partial charge is 0.494 e. The molecule has 244 valence electrons. The molecule has 0 spiro atoms. The minimum absolute atomic E-state index is 0.214. The Bertz CT molecular complexity index is 1600. The Hall–Kier alpha value is -4.61. The van der Waals surface area contributed by atoms with Gasteiger partial charge in [0.05, 0.1) is 20.8 Å². The average Bonchev–Trinajstić information content (AvgIpc) is 3.72. The van der Waals surface area contributed by atoms with Crippen LogP contribution in [0.1, 0.15) is 36.8 Å². The van der Waals surface area contributed by atoms with Gasteiger partial charge in [0.15, 0.2) is 11.5 Å². The van der Waals surface area contributed by atoms with Crippen molar-refractivity contribution in [2.75, 3.05) is 47.1 Å². The zero-order valence-corrected chi connectivity index (χ0v) is 26.8. The van der Waals surface area contributed by atoms with Gasteiger partial charge in [0.2, 0.25) is 0 Å². The molecule has 4 aromatic rings. The van der Waals surface area contributed by atoms with Gasteiger partial charge in [-0.2, -0.15) is 0 Å². The number of hydrogen-bond acceptors (Lipinski definition) is 9. The number of rotatable bonds is 13. The SMILES string of the molecule is COC(=O)CCCOc1ccc(-c2sc3ccccc3c2Cc2ccc(OCCN3CCCC3)c(OC)c2)cc1.O=C(O)C(=O)O. The molecule has 1 fully saturated rings. The molecule has 1 aliphatic heterocycles. The van der Waals surface area contributed by atoms with E-state index < -0.39 is 11.9 Å². The number of methoxy groups -OCH3 is 2.